The minimum atomic E-state index is -5.00. The summed E-state index contributed by atoms with van der Waals surface area (Å²) in [5.41, 5.74) is -3.86. The molecule has 0 saturated carbocycles. The summed E-state index contributed by atoms with van der Waals surface area (Å²) in [5.74, 6) is -3.21. The zero-order valence-corrected chi connectivity index (χ0v) is 24.9. The Balaban J connectivity index is 1.69. The van der Waals surface area contributed by atoms with E-state index in [1.165, 1.54) is 32.9 Å². The maximum Gasteiger partial charge on any atom is 0.435 e. The third-order valence-corrected chi connectivity index (χ3v) is 7.10. The number of aryl methyl sites for hydroxylation is 1. The van der Waals surface area contributed by atoms with E-state index in [9.17, 15) is 44.3 Å². The summed E-state index contributed by atoms with van der Waals surface area (Å²) in [5, 5.41) is 7.02. The number of nitrogens with zero attached hydrogens (tertiary/aromatic N) is 5. The maximum atomic E-state index is 14.4. The SMILES string of the molecule is Cc1cc(C2=NOC(c3cc(Cl)cc(Cl)c3)(C(F)(F)F)C2)ccc1C(=O)N(CC(F)(F)F)c1nc(C(C)C)n(CC(F)(F)F)n1. The number of carbonyl (C=O) groups is 1. The van der Waals surface area contributed by atoms with Gasteiger partial charge in [-0.1, -0.05) is 48.3 Å². The third-order valence-electron chi connectivity index (χ3n) is 6.66. The van der Waals surface area contributed by atoms with Gasteiger partial charge in [-0.05, 0) is 48.4 Å². The average molecular weight is 690 g/mol. The van der Waals surface area contributed by atoms with Gasteiger partial charge < -0.3 is 4.84 Å². The summed E-state index contributed by atoms with van der Waals surface area (Å²) >= 11 is 11.8. The number of oxime groups is 1. The van der Waals surface area contributed by atoms with Crippen LogP contribution in [0.25, 0.3) is 0 Å². The Kier molecular flexibility index (Phi) is 9.16. The topological polar surface area (TPSA) is 72.6 Å². The number of aromatic nitrogens is 3. The highest BCUT2D eigenvalue weighted by Crippen LogP contribution is 2.49. The number of rotatable bonds is 7. The molecule has 18 heteroatoms. The number of anilines is 1. The maximum absolute atomic E-state index is 14.4. The smallest absolute Gasteiger partial charge is 0.374 e. The van der Waals surface area contributed by atoms with E-state index in [2.05, 4.69) is 15.2 Å². The highest BCUT2D eigenvalue weighted by Gasteiger charge is 2.62. The fourth-order valence-corrected chi connectivity index (χ4v) is 5.18. The van der Waals surface area contributed by atoms with E-state index in [0.29, 0.717) is 4.68 Å². The van der Waals surface area contributed by atoms with Gasteiger partial charge in [0, 0.05) is 33.5 Å². The van der Waals surface area contributed by atoms with Gasteiger partial charge in [-0.15, -0.1) is 5.10 Å². The van der Waals surface area contributed by atoms with Crippen molar-refractivity contribution in [2.24, 2.45) is 5.16 Å². The van der Waals surface area contributed by atoms with E-state index in [1.807, 2.05) is 0 Å². The van der Waals surface area contributed by atoms with E-state index in [1.54, 1.807) is 0 Å². The van der Waals surface area contributed by atoms with E-state index in [4.69, 9.17) is 28.0 Å². The van der Waals surface area contributed by atoms with Crippen molar-refractivity contribution in [3.8, 4) is 0 Å². The molecule has 0 N–H and O–H groups in total. The predicted octanol–water partition coefficient (Wildman–Crippen LogP) is 8.37. The first-order valence-electron chi connectivity index (χ1n) is 12.9. The van der Waals surface area contributed by atoms with Gasteiger partial charge in [-0.2, -0.15) is 44.5 Å². The Morgan fingerprint density at radius 2 is 1.62 bits per heavy atom. The molecule has 1 aromatic heterocycles. The van der Waals surface area contributed by atoms with Crippen LogP contribution in [0.15, 0.2) is 41.6 Å². The number of hydrogen-bond donors (Lipinski definition) is 0. The fourth-order valence-electron chi connectivity index (χ4n) is 4.66. The number of hydrogen-bond acceptors (Lipinski definition) is 5. The second-order valence-electron chi connectivity index (χ2n) is 10.5. The lowest BCUT2D eigenvalue weighted by Crippen LogP contribution is -2.42. The Hall–Kier alpha value is -3.53. The Labute approximate surface area is 259 Å². The molecule has 4 rings (SSSR count). The van der Waals surface area contributed by atoms with Crippen LogP contribution in [0.1, 0.15) is 59.1 Å². The van der Waals surface area contributed by atoms with E-state index in [-0.39, 0.29) is 43.2 Å². The standard InChI is InChI=1S/C27H22Cl2F9N5O2/c1-13(2)21-39-23(40-43(21)12-26(33,34)35)42(11-25(30,31)32)22(44)19-5-4-15(6-14(19)3)20-10-24(45-41-20,27(36,37)38)16-7-17(28)9-18(29)8-16/h4-9,13H,10-12H2,1-3H3. The lowest BCUT2D eigenvalue weighted by atomic mass is 9.86. The van der Waals surface area contributed by atoms with Gasteiger partial charge in [-0.25, -0.2) is 4.68 Å². The normalized spacial score (nSPS) is 17.4. The molecule has 2 aromatic carbocycles. The Bertz CT molecular complexity index is 1610. The Morgan fingerprint density at radius 1 is 1.00 bits per heavy atom. The van der Waals surface area contributed by atoms with Crippen LogP contribution >= 0.6 is 23.2 Å². The molecular weight excluding hydrogens is 668 g/mol. The van der Waals surface area contributed by atoms with Crippen molar-refractivity contribution in [1.82, 2.24) is 14.8 Å². The highest BCUT2D eigenvalue weighted by atomic mass is 35.5. The molecule has 1 aliphatic rings. The van der Waals surface area contributed by atoms with Crippen LogP contribution < -0.4 is 4.90 Å². The van der Waals surface area contributed by atoms with Gasteiger partial charge in [0.25, 0.3) is 17.5 Å². The van der Waals surface area contributed by atoms with Crippen LogP contribution in [0.2, 0.25) is 10.0 Å². The molecule has 0 bridgehead atoms. The molecule has 0 radical (unpaired) electrons. The molecule has 45 heavy (non-hydrogen) atoms. The van der Waals surface area contributed by atoms with Gasteiger partial charge in [-0.3, -0.25) is 9.69 Å². The van der Waals surface area contributed by atoms with Gasteiger partial charge in [0.1, 0.15) is 18.9 Å². The van der Waals surface area contributed by atoms with Gasteiger partial charge in [0.2, 0.25) is 0 Å². The van der Waals surface area contributed by atoms with Crippen molar-refractivity contribution in [2.45, 2.75) is 63.8 Å². The second-order valence-corrected chi connectivity index (χ2v) is 11.4. The molecule has 1 amide bonds. The average Bonchev–Trinajstić information content (AvgIpc) is 3.50. The summed E-state index contributed by atoms with van der Waals surface area (Å²) in [7, 11) is 0. The van der Waals surface area contributed by atoms with Crippen molar-refractivity contribution >= 4 is 40.8 Å². The number of halogens is 11. The largest absolute Gasteiger partial charge is 0.435 e. The number of amides is 1. The zero-order valence-electron chi connectivity index (χ0n) is 23.4. The second kappa shape index (κ2) is 12.0. The summed E-state index contributed by atoms with van der Waals surface area (Å²) < 4.78 is 123. The first kappa shape index (κ1) is 34.3. The Morgan fingerprint density at radius 3 is 2.13 bits per heavy atom. The molecule has 0 saturated heterocycles. The molecule has 0 fully saturated rings. The molecule has 3 aromatic rings. The molecule has 7 nitrogen and oxygen atoms in total. The molecule has 2 heterocycles. The summed E-state index contributed by atoms with van der Waals surface area (Å²) in [6, 6.07) is 6.70. The minimum Gasteiger partial charge on any atom is -0.374 e. The van der Waals surface area contributed by atoms with E-state index in [0.717, 1.165) is 24.3 Å². The molecule has 1 atom stereocenters. The van der Waals surface area contributed by atoms with Crippen molar-refractivity contribution in [3.05, 3.63) is 74.5 Å². The van der Waals surface area contributed by atoms with Crippen LogP contribution in [0.3, 0.4) is 0 Å². The summed E-state index contributed by atoms with van der Waals surface area (Å²) in [6.45, 7) is 0.617. The number of alkyl halides is 9. The lowest BCUT2D eigenvalue weighted by molar-refractivity contribution is -0.275. The third kappa shape index (κ3) is 7.48. The lowest BCUT2D eigenvalue weighted by Gasteiger charge is -2.29. The van der Waals surface area contributed by atoms with Crippen LogP contribution in [-0.2, 0) is 17.0 Å². The number of benzene rings is 2. The van der Waals surface area contributed by atoms with Crippen LogP contribution in [0.4, 0.5) is 45.5 Å². The van der Waals surface area contributed by atoms with Crippen molar-refractivity contribution < 1.29 is 49.1 Å². The van der Waals surface area contributed by atoms with Crippen molar-refractivity contribution in [2.75, 3.05) is 11.4 Å². The highest BCUT2D eigenvalue weighted by molar-refractivity contribution is 6.34. The van der Waals surface area contributed by atoms with Crippen LogP contribution in [0, 0.1) is 6.92 Å². The van der Waals surface area contributed by atoms with Crippen molar-refractivity contribution in [3.63, 3.8) is 0 Å². The number of carbonyl (C=O) groups excluding carboxylic acids is 1. The van der Waals surface area contributed by atoms with Gasteiger partial charge >= 0.3 is 18.5 Å². The summed E-state index contributed by atoms with van der Waals surface area (Å²) in [4.78, 5) is 22.3. The fraction of sp³-hybridized carbons (Fsp3) is 0.407. The van der Waals surface area contributed by atoms with Gasteiger partial charge in [0.05, 0.1) is 5.71 Å². The quantitative estimate of drug-likeness (QED) is 0.234. The zero-order chi connectivity index (χ0) is 33.7. The molecule has 1 aliphatic heterocycles. The predicted molar refractivity (Wildman–Crippen MR) is 146 cm³/mol. The first-order valence-corrected chi connectivity index (χ1v) is 13.7. The summed E-state index contributed by atoms with van der Waals surface area (Å²) in [6.07, 6.45) is -15.6. The monoisotopic (exact) mass is 689 g/mol. The molecule has 0 aliphatic carbocycles. The molecule has 1 unspecified atom stereocenters. The molecular formula is C27H22Cl2F9N5O2. The minimum absolute atomic E-state index is 0.0153. The van der Waals surface area contributed by atoms with Crippen LogP contribution in [0.5, 0.6) is 0 Å². The van der Waals surface area contributed by atoms with Crippen molar-refractivity contribution in [1.29, 1.82) is 0 Å². The first-order chi connectivity index (χ1) is 20.6. The molecule has 0 spiro atoms. The molecule has 244 valence electrons. The van der Waals surface area contributed by atoms with E-state index < -0.39 is 67.0 Å². The van der Waals surface area contributed by atoms with Gasteiger partial charge in [0.15, 0.2) is 0 Å². The van der Waals surface area contributed by atoms with E-state index >= 15 is 0 Å². The van der Waals surface area contributed by atoms with Crippen LogP contribution in [-0.4, -0.2) is 51.5 Å².